The molecule has 5 nitrogen and oxygen atoms in total. The third-order valence-corrected chi connectivity index (χ3v) is 10.7. The first-order chi connectivity index (χ1) is 23.3. The van der Waals surface area contributed by atoms with Crippen molar-refractivity contribution in [3.05, 3.63) is 144 Å². The summed E-state index contributed by atoms with van der Waals surface area (Å²) in [5.74, 6) is 0. The minimum absolute atomic E-state index is 0.0550. The molecule has 6 heteroatoms. The van der Waals surface area contributed by atoms with Crippen LogP contribution in [0.25, 0.3) is 82.4 Å². The molecule has 12 rings (SSSR count). The lowest BCUT2D eigenvalue weighted by Gasteiger charge is -2.32. The summed E-state index contributed by atoms with van der Waals surface area (Å²) in [5.41, 5.74) is 12.1. The fraction of sp³-hybridized carbons (Fsp3) is 0. The first-order valence-electron chi connectivity index (χ1n) is 16.0. The van der Waals surface area contributed by atoms with Gasteiger partial charge in [-0.3, -0.25) is 9.13 Å². The highest BCUT2D eigenvalue weighted by Crippen LogP contribution is 2.41. The van der Waals surface area contributed by atoms with Crippen LogP contribution in [-0.4, -0.2) is 20.2 Å². The van der Waals surface area contributed by atoms with Crippen molar-refractivity contribution in [3.63, 3.8) is 0 Å². The number of rotatable bonds is 1. The van der Waals surface area contributed by atoms with Gasteiger partial charge in [0.1, 0.15) is 11.2 Å². The first-order valence-corrected chi connectivity index (χ1v) is 16.0. The number of furan rings is 1. The van der Waals surface area contributed by atoms with E-state index >= 15 is 4.79 Å². The van der Waals surface area contributed by atoms with Gasteiger partial charge in [-0.2, -0.15) is 0 Å². The minimum atomic E-state index is -0.100. The second-order valence-electron chi connectivity index (χ2n) is 12.8. The van der Waals surface area contributed by atoms with Crippen LogP contribution in [0.2, 0.25) is 0 Å². The predicted molar refractivity (Wildman–Crippen MR) is 193 cm³/mol. The van der Waals surface area contributed by atoms with Gasteiger partial charge >= 0.3 is 5.69 Å². The molecule has 0 N–H and O–H groups in total. The third-order valence-electron chi connectivity index (χ3n) is 10.7. The third kappa shape index (κ3) is 2.70. The fourth-order valence-corrected chi connectivity index (χ4v) is 8.92. The summed E-state index contributed by atoms with van der Waals surface area (Å²) < 4.78 is 12.7. The molecule has 0 amide bonds. The van der Waals surface area contributed by atoms with Crippen molar-refractivity contribution < 1.29 is 4.42 Å². The van der Waals surface area contributed by atoms with Crippen LogP contribution in [0.5, 0.6) is 0 Å². The van der Waals surface area contributed by atoms with Gasteiger partial charge < -0.3 is 8.82 Å². The number of nitrogens with zero attached hydrogens (tertiary/aromatic N) is 3. The SMILES string of the molecule is O=c1n2c3cccc4c5ccccc5n(c5ccc6ccc7c(c6c5-2)n1-c1ccccc1B7c1cccc2oc5ccccc5c12)c43. The Balaban J connectivity index is 1.34. The monoisotopic (exact) mass is 599 g/mol. The standard InChI is InChI=1S/C41H22BN3O2/c46-41-44-31-15-5-3-12-27(31)42(28-13-8-18-35-37(28)26-10-2-6-17-34(26)47-35)29-21-19-23-20-22-33-40(36(23)39(29)44)45(41)32-16-7-11-25-24-9-1-4-14-30(24)43(33)38(25)32/h1-22H. The number of hydrogen-bond donors (Lipinski definition) is 0. The van der Waals surface area contributed by atoms with Crippen LogP contribution in [0.4, 0.5) is 0 Å². The smallest absolute Gasteiger partial charge is 0.338 e. The van der Waals surface area contributed by atoms with Crippen LogP contribution < -0.4 is 22.1 Å². The molecule has 7 aromatic carbocycles. The van der Waals surface area contributed by atoms with Gasteiger partial charge in [0.15, 0.2) is 0 Å². The number of fused-ring (bicyclic) bond motifs is 10. The van der Waals surface area contributed by atoms with Gasteiger partial charge in [0.05, 0.1) is 33.3 Å². The molecule has 216 valence electrons. The first kappa shape index (κ1) is 24.0. The van der Waals surface area contributed by atoms with E-state index in [1.54, 1.807) is 0 Å². The molecule has 0 atom stereocenters. The fourth-order valence-electron chi connectivity index (χ4n) is 8.92. The molecule has 47 heavy (non-hydrogen) atoms. The molecule has 0 fully saturated rings. The van der Waals surface area contributed by atoms with Crippen molar-refractivity contribution in [1.29, 1.82) is 0 Å². The maximum Gasteiger partial charge on any atom is 0.338 e. The highest BCUT2D eigenvalue weighted by molar-refractivity contribution is 6.99. The van der Waals surface area contributed by atoms with Gasteiger partial charge in [0.25, 0.3) is 0 Å². The van der Waals surface area contributed by atoms with Crippen LogP contribution in [0.15, 0.2) is 143 Å². The largest absolute Gasteiger partial charge is 0.456 e. The number of aromatic nitrogens is 3. The van der Waals surface area contributed by atoms with E-state index in [0.29, 0.717) is 0 Å². The van der Waals surface area contributed by atoms with Crippen molar-refractivity contribution in [3.8, 4) is 11.4 Å². The molecule has 0 saturated carbocycles. The van der Waals surface area contributed by atoms with E-state index in [0.717, 1.165) is 88.0 Å². The molecule has 5 heterocycles. The van der Waals surface area contributed by atoms with Crippen molar-refractivity contribution >= 4 is 94.2 Å². The van der Waals surface area contributed by atoms with E-state index in [-0.39, 0.29) is 12.4 Å². The van der Waals surface area contributed by atoms with Gasteiger partial charge in [-0.05, 0) is 52.7 Å². The van der Waals surface area contributed by atoms with Gasteiger partial charge in [-0.1, -0.05) is 103 Å². The second kappa shape index (κ2) is 8.11. The molecule has 0 unspecified atom stereocenters. The molecule has 0 spiro atoms. The zero-order valence-corrected chi connectivity index (χ0v) is 24.9. The summed E-state index contributed by atoms with van der Waals surface area (Å²) in [6, 6.07) is 46.8. The van der Waals surface area contributed by atoms with Crippen LogP contribution in [0, 0.1) is 0 Å². The highest BCUT2D eigenvalue weighted by Gasteiger charge is 2.37. The maximum absolute atomic E-state index is 15.2. The maximum atomic E-state index is 15.2. The van der Waals surface area contributed by atoms with E-state index in [1.807, 2.05) is 27.3 Å². The Morgan fingerprint density at radius 2 is 1.21 bits per heavy atom. The molecular weight excluding hydrogens is 577 g/mol. The molecule has 3 aliphatic heterocycles. The van der Waals surface area contributed by atoms with Crippen molar-refractivity contribution in [2.24, 2.45) is 0 Å². The summed E-state index contributed by atoms with van der Waals surface area (Å²) in [4.78, 5) is 15.2. The quantitative estimate of drug-likeness (QED) is 0.115. The van der Waals surface area contributed by atoms with Gasteiger partial charge in [-0.15, -0.1) is 0 Å². The zero-order valence-electron chi connectivity index (χ0n) is 24.9. The van der Waals surface area contributed by atoms with Crippen LogP contribution in [0.3, 0.4) is 0 Å². The van der Waals surface area contributed by atoms with Crippen LogP contribution >= 0.6 is 0 Å². The van der Waals surface area contributed by atoms with E-state index in [4.69, 9.17) is 4.42 Å². The van der Waals surface area contributed by atoms with Gasteiger partial charge in [0, 0.05) is 32.6 Å². The summed E-state index contributed by atoms with van der Waals surface area (Å²) in [6.45, 7) is -0.100. The molecule has 0 radical (unpaired) electrons. The Hall–Kier alpha value is -6.27. The molecule has 2 aromatic heterocycles. The lowest BCUT2D eigenvalue weighted by Crippen LogP contribution is -2.58. The van der Waals surface area contributed by atoms with Gasteiger partial charge in [0.2, 0.25) is 6.71 Å². The average molecular weight is 599 g/mol. The summed E-state index contributed by atoms with van der Waals surface area (Å²) >= 11 is 0. The summed E-state index contributed by atoms with van der Waals surface area (Å²) in [7, 11) is 0. The Kier molecular flexibility index (Phi) is 4.15. The number of para-hydroxylation sites is 4. The molecule has 0 saturated heterocycles. The Morgan fingerprint density at radius 3 is 2.17 bits per heavy atom. The minimum Gasteiger partial charge on any atom is -0.456 e. The van der Waals surface area contributed by atoms with Crippen LogP contribution in [-0.2, 0) is 0 Å². The zero-order chi connectivity index (χ0) is 30.5. The molecule has 3 aliphatic rings. The Labute approximate surface area is 266 Å². The Bertz CT molecular complexity index is 3180. The average Bonchev–Trinajstić information content (AvgIpc) is 3.67. The highest BCUT2D eigenvalue weighted by atomic mass is 16.3. The predicted octanol–water partition coefficient (Wildman–Crippen LogP) is 7.10. The van der Waals surface area contributed by atoms with E-state index in [1.165, 1.54) is 10.8 Å². The van der Waals surface area contributed by atoms with Crippen molar-refractivity contribution in [2.75, 3.05) is 0 Å². The molecule has 9 aromatic rings. The normalized spacial score (nSPS) is 13.1. The van der Waals surface area contributed by atoms with Crippen molar-refractivity contribution in [1.82, 2.24) is 13.5 Å². The number of hydrogen-bond acceptors (Lipinski definition) is 2. The lowest BCUT2D eigenvalue weighted by molar-refractivity contribution is 0.669. The lowest BCUT2D eigenvalue weighted by atomic mass is 9.35. The topological polar surface area (TPSA) is 44.5 Å². The molecular formula is C41H22BN3O2. The molecule has 0 aliphatic carbocycles. The van der Waals surface area contributed by atoms with Crippen molar-refractivity contribution in [2.45, 2.75) is 0 Å². The molecule has 0 bridgehead atoms. The Morgan fingerprint density at radius 1 is 0.489 bits per heavy atom. The van der Waals surface area contributed by atoms with Gasteiger partial charge in [-0.25, -0.2) is 4.79 Å². The van der Waals surface area contributed by atoms with E-state index in [2.05, 4.69) is 120 Å². The number of benzene rings is 7. The van der Waals surface area contributed by atoms with Crippen LogP contribution in [0.1, 0.15) is 0 Å². The van der Waals surface area contributed by atoms with E-state index < -0.39 is 0 Å². The second-order valence-corrected chi connectivity index (χ2v) is 12.8. The van der Waals surface area contributed by atoms with E-state index in [9.17, 15) is 0 Å². The summed E-state index contributed by atoms with van der Waals surface area (Å²) in [6.07, 6.45) is 0. The summed E-state index contributed by atoms with van der Waals surface area (Å²) in [5, 5.41) is 6.77.